The molecule has 0 aliphatic heterocycles. The fourth-order valence-corrected chi connectivity index (χ4v) is 6.18. The first-order valence-electron chi connectivity index (χ1n) is 13.9. The molecule has 1 aliphatic rings. The number of carbonyl (C=O) groups excluding carboxylic acids is 3. The summed E-state index contributed by atoms with van der Waals surface area (Å²) in [5, 5.41) is 18.2. The number of benzene rings is 3. The highest BCUT2D eigenvalue weighted by molar-refractivity contribution is 6.40. The summed E-state index contributed by atoms with van der Waals surface area (Å²) in [6.45, 7) is 0. The lowest BCUT2D eigenvalue weighted by Crippen LogP contribution is -2.44. The highest BCUT2D eigenvalue weighted by Crippen LogP contribution is 2.33. The van der Waals surface area contributed by atoms with Crippen LogP contribution in [0.25, 0.3) is 0 Å². The van der Waals surface area contributed by atoms with Gasteiger partial charge in [0.2, 0.25) is 0 Å². The summed E-state index contributed by atoms with van der Waals surface area (Å²) in [5.41, 5.74) is 1.27. The lowest BCUT2D eigenvalue weighted by Gasteiger charge is -2.32. The van der Waals surface area contributed by atoms with Gasteiger partial charge < -0.3 is 26.0 Å². The quantitative estimate of drug-likeness (QED) is 0.184. The molecule has 0 radical (unpaired) electrons. The van der Waals surface area contributed by atoms with E-state index < -0.39 is 23.9 Å². The van der Waals surface area contributed by atoms with Crippen LogP contribution in [0.3, 0.4) is 0 Å². The van der Waals surface area contributed by atoms with Crippen molar-refractivity contribution < 1.29 is 24.3 Å². The number of amides is 4. The number of aliphatic carboxylic acids is 1. The van der Waals surface area contributed by atoms with Crippen LogP contribution in [0.5, 0.6) is 0 Å². The van der Waals surface area contributed by atoms with E-state index in [1.807, 2.05) is 0 Å². The molecule has 13 heteroatoms. The second-order valence-corrected chi connectivity index (χ2v) is 12.1. The van der Waals surface area contributed by atoms with E-state index >= 15 is 0 Å². The van der Waals surface area contributed by atoms with Crippen molar-refractivity contribution in [3.05, 3.63) is 91.4 Å². The first kappa shape index (κ1) is 33.4. The zero-order valence-corrected chi connectivity index (χ0v) is 26.7. The van der Waals surface area contributed by atoms with Gasteiger partial charge in [-0.15, -0.1) is 0 Å². The number of carboxylic acid groups (broad SMARTS) is 1. The minimum Gasteiger partial charge on any atom is -0.480 e. The minimum absolute atomic E-state index is 0.0316. The van der Waals surface area contributed by atoms with E-state index in [-0.39, 0.29) is 55.3 Å². The van der Waals surface area contributed by atoms with Gasteiger partial charge in [-0.3, -0.25) is 9.59 Å². The Morgan fingerprint density at radius 1 is 0.886 bits per heavy atom. The molecule has 4 amide bonds. The Bertz CT molecular complexity index is 1540. The molecule has 1 saturated carbocycles. The van der Waals surface area contributed by atoms with Crippen molar-refractivity contribution in [2.45, 2.75) is 50.6 Å². The Morgan fingerprint density at radius 2 is 1.52 bits per heavy atom. The van der Waals surface area contributed by atoms with Crippen LogP contribution in [0.2, 0.25) is 20.1 Å². The SMILES string of the molecule is CN(C(=O)c1cc(Cl)cc(Cl)c1NC(=O)NC(Cc1ccc(NC(=O)c2c(Cl)cccc2Cl)cc1)C(=O)O)C1CCCCC1. The molecule has 0 heterocycles. The van der Waals surface area contributed by atoms with Crippen LogP contribution in [-0.2, 0) is 11.2 Å². The maximum absolute atomic E-state index is 13.4. The number of anilines is 2. The fraction of sp³-hybridized carbons (Fsp3) is 0.290. The number of urea groups is 1. The van der Waals surface area contributed by atoms with Gasteiger partial charge in [-0.2, -0.15) is 0 Å². The third kappa shape index (κ3) is 8.35. The van der Waals surface area contributed by atoms with Crippen LogP contribution >= 0.6 is 46.4 Å². The first-order valence-corrected chi connectivity index (χ1v) is 15.4. The minimum atomic E-state index is -1.33. The van der Waals surface area contributed by atoms with E-state index in [1.54, 1.807) is 54.4 Å². The van der Waals surface area contributed by atoms with Crippen LogP contribution in [0.1, 0.15) is 58.4 Å². The normalized spacial score (nSPS) is 13.9. The number of carbonyl (C=O) groups is 4. The fourth-order valence-electron chi connectivity index (χ4n) is 5.07. The van der Waals surface area contributed by atoms with Crippen LogP contribution in [0.15, 0.2) is 54.6 Å². The monoisotopic (exact) mass is 678 g/mol. The van der Waals surface area contributed by atoms with Crippen molar-refractivity contribution in [1.29, 1.82) is 0 Å². The molecular formula is C31H30Cl4N4O5. The Labute approximate surface area is 274 Å². The topological polar surface area (TPSA) is 128 Å². The van der Waals surface area contributed by atoms with Gasteiger partial charge in [0.1, 0.15) is 6.04 Å². The van der Waals surface area contributed by atoms with E-state index in [0.29, 0.717) is 11.3 Å². The zero-order chi connectivity index (χ0) is 32.0. The van der Waals surface area contributed by atoms with E-state index in [2.05, 4.69) is 16.0 Å². The van der Waals surface area contributed by atoms with Gasteiger partial charge in [0, 0.05) is 30.2 Å². The molecule has 3 aromatic carbocycles. The van der Waals surface area contributed by atoms with Crippen molar-refractivity contribution >= 4 is 81.6 Å². The smallest absolute Gasteiger partial charge is 0.326 e. The first-order chi connectivity index (χ1) is 20.9. The van der Waals surface area contributed by atoms with Crippen LogP contribution < -0.4 is 16.0 Å². The lowest BCUT2D eigenvalue weighted by molar-refractivity contribution is -0.139. The molecule has 44 heavy (non-hydrogen) atoms. The molecule has 9 nitrogen and oxygen atoms in total. The summed E-state index contributed by atoms with van der Waals surface area (Å²) >= 11 is 24.8. The van der Waals surface area contributed by atoms with Gasteiger partial charge in [0.15, 0.2) is 0 Å². The number of hydrogen-bond donors (Lipinski definition) is 4. The summed E-state index contributed by atoms with van der Waals surface area (Å²) < 4.78 is 0. The van der Waals surface area contributed by atoms with Gasteiger partial charge in [0.25, 0.3) is 11.8 Å². The number of rotatable bonds is 9. The number of nitrogens with one attached hydrogen (secondary N) is 3. The lowest BCUT2D eigenvalue weighted by atomic mass is 9.94. The molecular weight excluding hydrogens is 650 g/mol. The van der Waals surface area contributed by atoms with Crippen LogP contribution in [0.4, 0.5) is 16.2 Å². The second kappa shape index (κ2) is 15.0. The molecule has 4 rings (SSSR count). The Balaban J connectivity index is 1.43. The van der Waals surface area contributed by atoms with Crippen LogP contribution in [0, 0.1) is 0 Å². The summed E-state index contributed by atoms with van der Waals surface area (Å²) in [6, 6.07) is 11.8. The summed E-state index contributed by atoms with van der Waals surface area (Å²) in [7, 11) is 1.71. The number of carboxylic acids is 1. The molecule has 0 spiro atoms. The molecule has 0 saturated heterocycles. The molecule has 1 fully saturated rings. The molecule has 1 unspecified atom stereocenters. The van der Waals surface area contributed by atoms with Crippen LogP contribution in [-0.4, -0.2) is 53.0 Å². The number of hydrogen-bond acceptors (Lipinski definition) is 4. The Kier molecular flexibility index (Phi) is 11.4. The number of halogens is 4. The maximum Gasteiger partial charge on any atom is 0.326 e. The van der Waals surface area contributed by atoms with Gasteiger partial charge in [-0.25, -0.2) is 9.59 Å². The molecule has 1 aliphatic carbocycles. The van der Waals surface area contributed by atoms with Gasteiger partial charge in [0.05, 0.1) is 31.9 Å². The average molecular weight is 680 g/mol. The van der Waals surface area contributed by atoms with Gasteiger partial charge >= 0.3 is 12.0 Å². The van der Waals surface area contributed by atoms with E-state index in [4.69, 9.17) is 46.4 Å². The largest absolute Gasteiger partial charge is 0.480 e. The maximum atomic E-state index is 13.4. The number of nitrogens with zero attached hydrogens (tertiary/aromatic N) is 1. The highest BCUT2D eigenvalue weighted by Gasteiger charge is 2.28. The molecule has 4 N–H and O–H groups in total. The van der Waals surface area contributed by atoms with E-state index in [1.165, 1.54) is 12.1 Å². The van der Waals surface area contributed by atoms with Crippen molar-refractivity contribution in [2.24, 2.45) is 0 Å². The van der Waals surface area contributed by atoms with E-state index in [0.717, 1.165) is 32.1 Å². The molecule has 1 atom stereocenters. The van der Waals surface area contributed by atoms with Crippen molar-refractivity contribution in [2.75, 3.05) is 17.7 Å². The molecule has 3 aromatic rings. The molecule has 0 bridgehead atoms. The summed E-state index contributed by atoms with van der Waals surface area (Å²) in [6.07, 6.45) is 4.86. The Morgan fingerprint density at radius 3 is 2.14 bits per heavy atom. The van der Waals surface area contributed by atoms with Gasteiger partial charge in [-0.05, 0) is 54.8 Å². The standard InChI is InChI=1S/C31H30Cl4N4O5/c1-39(20-6-3-2-4-7-20)29(41)21-15-18(32)16-24(35)27(21)38-31(44)37-25(30(42)43)14-17-10-12-19(13-11-17)36-28(40)26-22(33)8-5-9-23(26)34/h5,8-13,15-16,20,25H,2-4,6-7,14H2,1H3,(H,36,40)(H,42,43)(H2,37,38,44). The van der Waals surface area contributed by atoms with Gasteiger partial charge in [-0.1, -0.05) is 83.9 Å². The average Bonchev–Trinajstić information content (AvgIpc) is 2.98. The predicted molar refractivity (Wildman–Crippen MR) is 174 cm³/mol. The zero-order valence-electron chi connectivity index (χ0n) is 23.6. The van der Waals surface area contributed by atoms with Crippen molar-refractivity contribution in [1.82, 2.24) is 10.2 Å². The highest BCUT2D eigenvalue weighted by atomic mass is 35.5. The second-order valence-electron chi connectivity index (χ2n) is 10.5. The molecule has 0 aromatic heterocycles. The molecule has 232 valence electrons. The van der Waals surface area contributed by atoms with E-state index in [9.17, 15) is 24.3 Å². The summed E-state index contributed by atoms with van der Waals surface area (Å²) in [5.74, 6) is -2.13. The summed E-state index contributed by atoms with van der Waals surface area (Å²) in [4.78, 5) is 52.8. The van der Waals surface area contributed by atoms with Crippen molar-refractivity contribution in [3.63, 3.8) is 0 Å². The van der Waals surface area contributed by atoms with Crippen molar-refractivity contribution in [3.8, 4) is 0 Å². The Hall–Kier alpha value is -3.50. The third-order valence-corrected chi connectivity index (χ3v) is 8.56. The predicted octanol–water partition coefficient (Wildman–Crippen LogP) is 7.77. The third-order valence-electron chi connectivity index (χ3n) is 7.41.